The molecule has 15 heteroatoms. The fraction of sp³-hybridized carbons (Fsp3) is 0.556. The van der Waals surface area contributed by atoms with Crippen molar-refractivity contribution in [2.75, 3.05) is 43.4 Å². The molecule has 9 nitrogen and oxygen atoms in total. The Hall–Kier alpha value is -3.46. The third-order valence-electron chi connectivity index (χ3n) is 8.89. The zero-order valence-corrected chi connectivity index (χ0v) is 22.4. The van der Waals surface area contributed by atoms with Crippen molar-refractivity contribution >= 4 is 22.5 Å². The number of hydrogen-bond acceptors (Lipinski definition) is 9. The standard InChI is InChI=1S/C27H28F6N8O/c28-13-7-26(4-1-5-41(26)9-13)12-42-25-38-21-16(24(39-25)40-10-14-2-3-15(11-40)36-14)6-17(29)19(20(21)30)22-23(27(31,32)33)35-8-18(34)37-22/h6,8,13-15,36H,1-5,7,9-12H2,(H2,34,37)/t13-,14-,15+,26+/m1/s1. The van der Waals surface area contributed by atoms with Gasteiger partial charge in [-0.05, 0) is 38.3 Å². The average molecular weight is 595 g/mol. The third-order valence-corrected chi connectivity index (χ3v) is 8.89. The average Bonchev–Trinajstić information content (AvgIpc) is 3.57. The Kier molecular flexibility index (Phi) is 6.38. The molecular weight excluding hydrogens is 566 g/mol. The lowest BCUT2D eigenvalue weighted by Gasteiger charge is -2.34. The van der Waals surface area contributed by atoms with Crippen LogP contribution in [0.15, 0.2) is 12.3 Å². The van der Waals surface area contributed by atoms with Crippen LogP contribution in [0.1, 0.15) is 37.8 Å². The fourth-order valence-electron chi connectivity index (χ4n) is 7.08. The minimum absolute atomic E-state index is 0.0156. The Labute approximate surface area is 236 Å². The van der Waals surface area contributed by atoms with Crippen molar-refractivity contribution in [2.24, 2.45) is 0 Å². The lowest BCUT2D eigenvalue weighted by Crippen LogP contribution is -2.51. The Morgan fingerprint density at radius 2 is 1.86 bits per heavy atom. The SMILES string of the molecule is Nc1cnc(C(F)(F)F)c(-c2c(F)cc3c(N4C[C@H]5CC[C@@H](C4)N5)nc(OC[C@@]45CCCN4C[C@H](F)C5)nc3c2F)n1. The number of halogens is 6. The van der Waals surface area contributed by atoms with Crippen molar-refractivity contribution in [1.82, 2.24) is 30.2 Å². The number of ether oxygens (including phenoxy) is 1. The lowest BCUT2D eigenvalue weighted by molar-refractivity contribution is -0.140. The van der Waals surface area contributed by atoms with Gasteiger partial charge in [0.05, 0.1) is 17.3 Å². The van der Waals surface area contributed by atoms with E-state index in [1.165, 1.54) is 0 Å². The maximum Gasteiger partial charge on any atom is 0.435 e. The Morgan fingerprint density at radius 1 is 1.10 bits per heavy atom. The number of alkyl halides is 4. The van der Waals surface area contributed by atoms with E-state index in [-0.39, 0.29) is 42.3 Å². The lowest BCUT2D eigenvalue weighted by atomic mass is 9.95. The summed E-state index contributed by atoms with van der Waals surface area (Å²) >= 11 is 0. The van der Waals surface area contributed by atoms with Gasteiger partial charge in [0, 0.05) is 43.5 Å². The predicted octanol–water partition coefficient (Wildman–Crippen LogP) is 3.86. The van der Waals surface area contributed by atoms with E-state index in [0.29, 0.717) is 32.3 Å². The van der Waals surface area contributed by atoms with Crippen molar-refractivity contribution in [3.05, 3.63) is 29.6 Å². The van der Waals surface area contributed by atoms with Crippen LogP contribution in [0.4, 0.5) is 38.0 Å². The highest BCUT2D eigenvalue weighted by molar-refractivity contribution is 5.94. The molecule has 0 aliphatic carbocycles. The van der Waals surface area contributed by atoms with E-state index in [4.69, 9.17) is 10.5 Å². The van der Waals surface area contributed by atoms with Gasteiger partial charge in [0.25, 0.3) is 0 Å². The maximum absolute atomic E-state index is 16.3. The number of nitrogens with two attached hydrogens (primary N) is 1. The van der Waals surface area contributed by atoms with E-state index < -0.39 is 57.8 Å². The van der Waals surface area contributed by atoms with Gasteiger partial charge in [0.1, 0.15) is 41.4 Å². The molecule has 4 atom stereocenters. The second-order valence-electron chi connectivity index (χ2n) is 11.7. The van der Waals surface area contributed by atoms with Gasteiger partial charge in [0.15, 0.2) is 11.5 Å². The quantitative estimate of drug-likeness (QED) is 0.426. The summed E-state index contributed by atoms with van der Waals surface area (Å²) in [6.07, 6.45) is -1.65. The molecule has 6 heterocycles. The van der Waals surface area contributed by atoms with E-state index in [1.807, 2.05) is 9.80 Å². The first-order valence-corrected chi connectivity index (χ1v) is 13.9. The van der Waals surface area contributed by atoms with Gasteiger partial charge in [-0.25, -0.2) is 23.1 Å². The molecule has 0 unspecified atom stereocenters. The molecule has 3 aromatic rings. The summed E-state index contributed by atoms with van der Waals surface area (Å²) in [5.74, 6) is -2.89. The van der Waals surface area contributed by atoms with Crippen molar-refractivity contribution in [3.63, 3.8) is 0 Å². The molecular formula is C27H28F6N8O. The molecule has 2 aromatic heterocycles. The first-order chi connectivity index (χ1) is 20.0. The van der Waals surface area contributed by atoms with Crippen molar-refractivity contribution in [2.45, 2.75) is 62.1 Å². The topological polar surface area (TPSA) is 105 Å². The molecule has 4 saturated heterocycles. The first kappa shape index (κ1) is 27.4. The summed E-state index contributed by atoms with van der Waals surface area (Å²) in [7, 11) is 0. The van der Waals surface area contributed by atoms with Crippen LogP contribution in [0, 0.1) is 11.6 Å². The number of aromatic nitrogens is 4. The van der Waals surface area contributed by atoms with E-state index in [2.05, 4.69) is 25.3 Å². The van der Waals surface area contributed by atoms with Crippen molar-refractivity contribution < 1.29 is 31.1 Å². The molecule has 0 saturated carbocycles. The fourth-order valence-corrected chi connectivity index (χ4v) is 7.08. The minimum Gasteiger partial charge on any atom is -0.461 e. The van der Waals surface area contributed by atoms with E-state index in [0.717, 1.165) is 31.9 Å². The molecule has 224 valence electrons. The Balaban J connectivity index is 1.36. The van der Waals surface area contributed by atoms with Crippen LogP contribution in [0.25, 0.3) is 22.2 Å². The molecule has 7 rings (SSSR count). The summed E-state index contributed by atoms with van der Waals surface area (Å²) in [4.78, 5) is 19.6. The highest BCUT2D eigenvalue weighted by Crippen LogP contribution is 2.42. The largest absolute Gasteiger partial charge is 0.461 e. The number of rotatable bonds is 5. The molecule has 3 N–H and O–H groups in total. The number of nitrogens with zero attached hydrogens (tertiary/aromatic N) is 6. The summed E-state index contributed by atoms with van der Waals surface area (Å²) < 4.78 is 93.6. The van der Waals surface area contributed by atoms with E-state index in [1.54, 1.807) is 0 Å². The smallest absolute Gasteiger partial charge is 0.435 e. The van der Waals surface area contributed by atoms with Crippen LogP contribution in [0.3, 0.4) is 0 Å². The number of anilines is 2. The van der Waals surface area contributed by atoms with Crippen LogP contribution in [0.2, 0.25) is 0 Å². The number of hydrogen-bond donors (Lipinski definition) is 2. The van der Waals surface area contributed by atoms with Crippen LogP contribution in [0.5, 0.6) is 6.01 Å². The second kappa shape index (κ2) is 9.79. The first-order valence-electron chi connectivity index (χ1n) is 13.9. The number of nitrogen functional groups attached to an aromatic ring is 1. The Bertz CT molecular complexity index is 1540. The van der Waals surface area contributed by atoms with Gasteiger partial charge in [-0.3, -0.25) is 4.90 Å². The van der Waals surface area contributed by atoms with Gasteiger partial charge in [-0.2, -0.15) is 23.1 Å². The number of nitrogens with one attached hydrogen (secondary N) is 1. The number of benzene rings is 1. The van der Waals surface area contributed by atoms with Crippen molar-refractivity contribution in [3.8, 4) is 17.3 Å². The molecule has 4 aliphatic heterocycles. The zero-order chi connectivity index (χ0) is 29.4. The van der Waals surface area contributed by atoms with E-state index in [9.17, 15) is 17.6 Å². The molecule has 0 radical (unpaired) electrons. The predicted molar refractivity (Wildman–Crippen MR) is 141 cm³/mol. The summed E-state index contributed by atoms with van der Waals surface area (Å²) in [5, 5.41) is 3.47. The third kappa shape index (κ3) is 4.57. The van der Waals surface area contributed by atoms with Crippen molar-refractivity contribution in [1.29, 1.82) is 0 Å². The summed E-state index contributed by atoms with van der Waals surface area (Å²) in [6.45, 7) is 2.11. The summed E-state index contributed by atoms with van der Waals surface area (Å²) in [5.41, 5.74) is 0.888. The highest BCUT2D eigenvalue weighted by atomic mass is 19.4. The molecule has 4 fully saturated rings. The second-order valence-corrected chi connectivity index (χ2v) is 11.7. The van der Waals surface area contributed by atoms with E-state index >= 15 is 8.78 Å². The van der Waals surface area contributed by atoms with Gasteiger partial charge >= 0.3 is 12.2 Å². The van der Waals surface area contributed by atoms with Gasteiger partial charge < -0.3 is 20.7 Å². The molecule has 0 spiro atoms. The van der Waals surface area contributed by atoms with Crippen LogP contribution in [-0.2, 0) is 6.18 Å². The molecule has 0 amide bonds. The van der Waals surface area contributed by atoms with Gasteiger partial charge in [-0.1, -0.05) is 0 Å². The normalized spacial score (nSPS) is 27.7. The number of fused-ring (bicyclic) bond motifs is 4. The van der Waals surface area contributed by atoms with Gasteiger partial charge in [-0.15, -0.1) is 0 Å². The minimum atomic E-state index is -5.06. The maximum atomic E-state index is 16.3. The highest BCUT2D eigenvalue weighted by Gasteiger charge is 2.49. The monoisotopic (exact) mass is 594 g/mol. The van der Waals surface area contributed by atoms with Crippen LogP contribution in [-0.4, -0.2) is 81.4 Å². The zero-order valence-electron chi connectivity index (χ0n) is 22.4. The number of piperazine rings is 1. The van der Waals surface area contributed by atoms with Crippen LogP contribution >= 0.6 is 0 Å². The van der Waals surface area contributed by atoms with Gasteiger partial charge in [0.2, 0.25) is 0 Å². The summed E-state index contributed by atoms with van der Waals surface area (Å²) in [6, 6.07) is 0.993. The van der Waals surface area contributed by atoms with Crippen LogP contribution < -0.4 is 20.7 Å². The Morgan fingerprint density at radius 3 is 2.60 bits per heavy atom. The molecule has 1 aromatic carbocycles. The molecule has 2 bridgehead atoms. The molecule has 4 aliphatic rings. The molecule has 42 heavy (non-hydrogen) atoms.